The van der Waals surface area contributed by atoms with Crippen molar-refractivity contribution >= 4 is 5.91 Å². The molecule has 0 spiro atoms. The first-order valence-corrected chi connectivity index (χ1v) is 7.71. The number of piperazine rings is 1. The molecule has 114 valence electrons. The van der Waals surface area contributed by atoms with E-state index in [0.29, 0.717) is 11.6 Å². The van der Waals surface area contributed by atoms with Gasteiger partial charge in [0.2, 0.25) is 0 Å². The van der Waals surface area contributed by atoms with Crippen molar-refractivity contribution in [3.8, 4) is 11.3 Å². The molecule has 1 aromatic heterocycles. The Bertz CT molecular complexity index is 669. The standard InChI is InChI=1S/C18H21N3O/c1-13-12-21(11-10-19-13)18(22)16-8-9-17(20-14(16)2)15-6-4-3-5-7-15/h3-9,13,19H,10-12H2,1-2H3. The largest absolute Gasteiger partial charge is 0.336 e. The Morgan fingerprint density at radius 2 is 2.00 bits per heavy atom. The number of amides is 1. The van der Waals surface area contributed by atoms with Crippen LogP contribution in [0.25, 0.3) is 11.3 Å². The van der Waals surface area contributed by atoms with Crippen LogP contribution in [0.4, 0.5) is 0 Å². The van der Waals surface area contributed by atoms with E-state index in [1.54, 1.807) is 0 Å². The molecule has 2 heterocycles. The van der Waals surface area contributed by atoms with Crippen LogP contribution in [-0.2, 0) is 0 Å². The van der Waals surface area contributed by atoms with E-state index in [1.807, 2.05) is 54.3 Å². The maximum Gasteiger partial charge on any atom is 0.255 e. The fourth-order valence-electron chi connectivity index (χ4n) is 2.84. The third-order valence-electron chi connectivity index (χ3n) is 4.04. The van der Waals surface area contributed by atoms with Gasteiger partial charge in [-0.15, -0.1) is 0 Å². The maximum absolute atomic E-state index is 12.7. The van der Waals surface area contributed by atoms with E-state index in [2.05, 4.69) is 17.2 Å². The molecule has 1 atom stereocenters. The van der Waals surface area contributed by atoms with Crippen LogP contribution in [-0.4, -0.2) is 41.5 Å². The minimum Gasteiger partial charge on any atom is -0.336 e. The van der Waals surface area contributed by atoms with Gasteiger partial charge in [-0.1, -0.05) is 30.3 Å². The first kappa shape index (κ1) is 14.7. The summed E-state index contributed by atoms with van der Waals surface area (Å²) in [6, 6.07) is 14.2. The fourth-order valence-corrected chi connectivity index (χ4v) is 2.84. The highest BCUT2D eigenvalue weighted by molar-refractivity contribution is 5.95. The minimum absolute atomic E-state index is 0.0814. The van der Waals surface area contributed by atoms with Gasteiger partial charge >= 0.3 is 0 Å². The lowest BCUT2D eigenvalue weighted by Crippen LogP contribution is -2.51. The first-order chi connectivity index (χ1) is 10.6. The van der Waals surface area contributed by atoms with Crippen LogP contribution in [0.3, 0.4) is 0 Å². The summed E-state index contributed by atoms with van der Waals surface area (Å²) in [5, 5.41) is 3.35. The van der Waals surface area contributed by atoms with Gasteiger partial charge in [-0.05, 0) is 26.0 Å². The highest BCUT2D eigenvalue weighted by Crippen LogP contribution is 2.19. The molecule has 3 rings (SSSR count). The molecule has 1 unspecified atom stereocenters. The van der Waals surface area contributed by atoms with Gasteiger partial charge < -0.3 is 10.2 Å². The van der Waals surface area contributed by atoms with Crippen LogP contribution < -0.4 is 5.32 Å². The second-order valence-electron chi connectivity index (χ2n) is 5.80. The Labute approximate surface area is 131 Å². The highest BCUT2D eigenvalue weighted by atomic mass is 16.2. The summed E-state index contributed by atoms with van der Waals surface area (Å²) in [5.74, 6) is 0.0814. The van der Waals surface area contributed by atoms with E-state index in [1.165, 1.54) is 0 Å². The van der Waals surface area contributed by atoms with Crippen molar-refractivity contribution in [1.82, 2.24) is 15.2 Å². The van der Waals surface area contributed by atoms with E-state index in [-0.39, 0.29) is 5.91 Å². The van der Waals surface area contributed by atoms with E-state index >= 15 is 0 Å². The summed E-state index contributed by atoms with van der Waals surface area (Å²) in [6.45, 7) is 6.36. The molecule has 1 amide bonds. The van der Waals surface area contributed by atoms with Gasteiger partial charge in [-0.25, -0.2) is 0 Å². The normalized spacial score (nSPS) is 18.3. The minimum atomic E-state index is 0.0814. The predicted octanol–water partition coefficient (Wildman–Crippen LogP) is 2.49. The van der Waals surface area contributed by atoms with Crippen LogP contribution in [0, 0.1) is 6.92 Å². The zero-order valence-corrected chi connectivity index (χ0v) is 13.0. The molecule has 1 aliphatic rings. The first-order valence-electron chi connectivity index (χ1n) is 7.71. The van der Waals surface area contributed by atoms with Crippen molar-refractivity contribution < 1.29 is 4.79 Å². The number of hydrogen-bond donors (Lipinski definition) is 1. The lowest BCUT2D eigenvalue weighted by molar-refractivity contribution is 0.0708. The fraction of sp³-hybridized carbons (Fsp3) is 0.333. The van der Waals surface area contributed by atoms with Gasteiger partial charge in [0.15, 0.2) is 0 Å². The van der Waals surface area contributed by atoms with E-state index < -0.39 is 0 Å². The lowest BCUT2D eigenvalue weighted by Gasteiger charge is -2.32. The summed E-state index contributed by atoms with van der Waals surface area (Å²) >= 11 is 0. The maximum atomic E-state index is 12.7. The molecular weight excluding hydrogens is 274 g/mol. The molecule has 0 aliphatic carbocycles. The Morgan fingerprint density at radius 1 is 1.23 bits per heavy atom. The topological polar surface area (TPSA) is 45.2 Å². The zero-order chi connectivity index (χ0) is 15.5. The Balaban J connectivity index is 1.84. The molecular formula is C18H21N3O. The van der Waals surface area contributed by atoms with Crippen LogP contribution in [0.15, 0.2) is 42.5 Å². The number of rotatable bonds is 2. The average Bonchev–Trinajstić information content (AvgIpc) is 2.55. The SMILES string of the molecule is Cc1nc(-c2ccccc2)ccc1C(=O)N1CCNC(C)C1. The molecule has 1 fully saturated rings. The Hall–Kier alpha value is -2.20. The number of carbonyl (C=O) groups is 1. The zero-order valence-electron chi connectivity index (χ0n) is 13.0. The number of hydrogen-bond acceptors (Lipinski definition) is 3. The van der Waals surface area contributed by atoms with E-state index in [9.17, 15) is 4.79 Å². The lowest BCUT2D eigenvalue weighted by atomic mass is 10.1. The number of aromatic nitrogens is 1. The number of pyridine rings is 1. The molecule has 0 saturated carbocycles. The number of aryl methyl sites for hydroxylation is 1. The molecule has 22 heavy (non-hydrogen) atoms. The number of carbonyl (C=O) groups excluding carboxylic acids is 1. The van der Waals surface area contributed by atoms with Crippen molar-refractivity contribution in [3.05, 3.63) is 53.7 Å². The number of nitrogens with zero attached hydrogens (tertiary/aromatic N) is 2. The van der Waals surface area contributed by atoms with Gasteiger partial charge in [0, 0.05) is 31.2 Å². The molecule has 1 saturated heterocycles. The van der Waals surface area contributed by atoms with Gasteiger partial charge in [0.25, 0.3) is 5.91 Å². The molecule has 4 nitrogen and oxygen atoms in total. The number of nitrogens with one attached hydrogen (secondary N) is 1. The van der Waals surface area contributed by atoms with Crippen molar-refractivity contribution in [2.45, 2.75) is 19.9 Å². The van der Waals surface area contributed by atoms with Gasteiger partial charge in [-0.2, -0.15) is 0 Å². The van der Waals surface area contributed by atoms with Crippen molar-refractivity contribution in [2.75, 3.05) is 19.6 Å². The van der Waals surface area contributed by atoms with E-state index in [4.69, 9.17) is 0 Å². The predicted molar refractivity (Wildman–Crippen MR) is 87.8 cm³/mol. The quantitative estimate of drug-likeness (QED) is 0.926. The van der Waals surface area contributed by atoms with Gasteiger partial charge in [-0.3, -0.25) is 9.78 Å². The molecule has 0 bridgehead atoms. The summed E-state index contributed by atoms with van der Waals surface area (Å²) in [4.78, 5) is 19.2. The number of benzene rings is 1. The van der Waals surface area contributed by atoms with E-state index in [0.717, 1.165) is 36.6 Å². The van der Waals surface area contributed by atoms with Crippen molar-refractivity contribution in [1.29, 1.82) is 0 Å². The molecule has 2 aromatic rings. The van der Waals surface area contributed by atoms with Crippen LogP contribution in [0.2, 0.25) is 0 Å². The Kier molecular flexibility index (Phi) is 4.20. The smallest absolute Gasteiger partial charge is 0.255 e. The monoisotopic (exact) mass is 295 g/mol. The summed E-state index contributed by atoms with van der Waals surface area (Å²) in [7, 11) is 0. The van der Waals surface area contributed by atoms with Crippen molar-refractivity contribution in [2.24, 2.45) is 0 Å². The van der Waals surface area contributed by atoms with Gasteiger partial charge in [0.1, 0.15) is 0 Å². The van der Waals surface area contributed by atoms with Crippen molar-refractivity contribution in [3.63, 3.8) is 0 Å². The van der Waals surface area contributed by atoms with Gasteiger partial charge in [0.05, 0.1) is 17.0 Å². The third kappa shape index (κ3) is 3.02. The van der Waals surface area contributed by atoms with Crippen LogP contribution >= 0.6 is 0 Å². The molecule has 1 aromatic carbocycles. The van der Waals surface area contributed by atoms with Crippen LogP contribution in [0.1, 0.15) is 23.0 Å². The second-order valence-corrected chi connectivity index (χ2v) is 5.80. The molecule has 0 radical (unpaired) electrons. The molecule has 1 aliphatic heterocycles. The molecule has 4 heteroatoms. The Morgan fingerprint density at radius 3 is 2.68 bits per heavy atom. The third-order valence-corrected chi connectivity index (χ3v) is 4.04. The van der Waals surface area contributed by atoms with Crippen LogP contribution in [0.5, 0.6) is 0 Å². The highest BCUT2D eigenvalue weighted by Gasteiger charge is 2.23. The summed E-state index contributed by atoms with van der Waals surface area (Å²) in [5.41, 5.74) is 3.47. The summed E-state index contributed by atoms with van der Waals surface area (Å²) in [6.07, 6.45) is 0. The second kappa shape index (κ2) is 6.28. The molecule has 1 N–H and O–H groups in total. The average molecular weight is 295 g/mol. The summed E-state index contributed by atoms with van der Waals surface area (Å²) < 4.78 is 0.